The number of aryl methyl sites for hydroxylation is 2. The molecule has 2 aliphatic rings. The number of hydrogen-bond donors (Lipinski definition) is 1. The van der Waals surface area contributed by atoms with Crippen molar-refractivity contribution in [2.75, 3.05) is 32.2 Å². The smallest absolute Gasteiger partial charge is 0.264 e. The zero-order valence-corrected chi connectivity index (χ0v) is 19.1. The first-order valence-corrected chi connectivity index (χ1v) is 11.2. The minimum Gasteiger partial charge on any atom is -0.496 e. The quantitative estimate of drug-likeness (QED) is 0.680. The number of rotatable bonds is 5. The maximum absolute atomic E-state index is 12.6. The number of nitrogens with one attached hydrogen (secondary N) is 1. The second kappa shape index (κ2) is 9.06. The Morgan fingerprint density at radius 2 is 1.68 bits per heavy atom. The van der Waals surface area contributed by atoms with Crippen molar-refractivity contribution in [3.05, 3.63) is 51.9 Å². The summed E-state index contributed by atoms with van der Waals surface area (Å²) in [7, 11) is 3.32. The molecule has 1 N–H and O–H groups in total. The van der Waals surface area contributed by atoms with Gasteiger partial charge in [-0.3, -0.25) is 4.79 Å². The van der Waals surface area contributed by atoms with E-state index in [1.807, 2.05) is 44.2 Å². The normalized spacial score (nSPS) is 18.7. The van der Waals surface area contributed by atoms with E-state index in [2.05, 4.69) is 21.3 Å². The maximum atomic E-state index is 12.6. The Morgan fingerprint density at radius 1 is 1.00 bits per heavy atom. The average Bonchev–Trinajstić information content (AvgIpc) is 3.37. The zero-order chi connectivity index (χ0) is 22.0. The number of thioether (sulfide) groups is 1. The van der Waals surface area contributed by atoms with Crippen LogP contribution in [0.4, 0.5) is 11.4 Å². The largest absolute Gasteiger partial charge is 0.496 e. The maximum Gasteiger partial charge on any atom is 0.264 e. The Morgan fingerprint density at radius 3 is 2.32 bits per heavy atom. The topological polar surface area (TPSA) is 63.2 Å². The standard InChI is InChI=1S/C24H27N3O3S/c1-15-9-16(2)11-18(10-15)25-24-26-23(28)22(31-24)13-17-12-21(30-4)19(14-20(17)29-3)27-7-5-6-8-27/h9-14H,5-8H2,1-4H3,(H,25,26,28)/b22-13-. The second-order valence-corrected chi connectivity index (χ2v) is 8.82. The first kappa shape index (κ1) is 21.3. The summed E-state index contributed by atoms with van der Waals surface area (Å²) < 4.78 is 11.3. The molecule has 162 valence electrons. The van der Waals surface area contributed by atoms with Crippen LogP contribution in [0.3, 0.4) is 0 Å². The van der Waals surface area contributed by atoms with Crippen LogP contribution < -0.4 is 19.7 Å². The molecule has 0 saturated carbocycles. The molecule has 31 heavy (non-hydrogen) atoms. The van der Waals surface area contributed by atoms with Gasteiger partial charge in [0.15, 0.2) is 5.17 Å². The lowest BCUT2D eigenvalue weighted by Crippen LogP contribution is -2.19. The molecule has 0 aromatic heterocycles. The summed E-state index contributed by atoms with van der Waals surface area (Å²) in [6, 6.07) is 10.0. The Bertz CT molecular complexity index is 1050. The highest BCUT2D eigenvalue weighted by Crippen LogP contribution is 2.39. The van der Waals surface area contributed by atoms with Crippen molar-refractivity contribution in [2.24, 2.45) is 4.99 Å². The van der Waals surface area contributed by atoms with Gasteiger partial charge < -0.3 is 19.7 Å². The van der Waals surface area contributed by atoms with Gasteiger partial charge in [-0.2, -0.15) is 0 Å². The number of carbonyl (C=O) groups excluding carboxylic acids is 1. The summed E-state index contributed by atoms with van der Waals surface area (Å²) in [5, 5.41) is 3.43. The van der Waals surface area contributed by atoms with Gasteiger partial charge in [-0.1, -0.05) is 6.07 Å². The average molecular weight is 438 g/mol. The molecule has 0 spiro atoms. The Labute approximate surface area is 187 Å². The molecule has 1 amide bonds. The summed E-state index contributed by atoms with van der Waals surface area (Å²) in [6.07, 6.45) is 4.19. The molecule has 2 aromatic rings. The summed E-state index contributed by atoms with van der Waals surface area (Å²) in [6.45, 7) is 6.09. The third-order valence-corrected chi connectivity index (χ3v) is 6.26. The number of amidine groups is 1. The number of aliphatic imine (C=N–C) groups is 1. The Balaban J connectivity index is 1.64. The second-order valence-electron chi connectivity index (χ2n) is 7.79. The summed E-state index contributed by atoms with van der Waals surface area (Å²) >= 11 is 1.33. The molecule has 0 bridgehead atoms. The van der Waals surface area contributed by atoms with Crippen LogP contribution in [0.2, 0.25) is 0 Å². The van der Waals surface area contributed by atoms with Crippen molar-refractivity contribution < 1.29 is 14.3 Å². The van der Waals surface area contributed by atoms with Crippen molar-refractivity contribution in [3.8, 4) is 11.5 Å². The van der Waals surface area contributed by atoms with Crippen molar-refractivity contribution in [1.82, 2.24) is 5.32 Å². The van der Waals surface area contributed by atoms with E-state index in [1.165, 1.54) is 24.6 Å². The molecule has 6 nitrogen and oxygen atoms in total. The molecule has 0 atom stereocenters. The van der Waals surface area contributed by atoms with Crippen LogP contribution in [-0.2, 0) is 4.79 Å². The van der Waals surface area contributed by atoms with Gasteiger partial charge in [-0.25, -0.2) is 4.99 Å². The van der Waals surface area contributed by atoms with Gasteiger partial charge in [0.1, 0.15) is 11.5 Å². The molecule has 0 radical (unpaired) electrons. The van der Waals surface area contributed by atoms with Gasteiger partial charge >= 0.3 is 0 Å². The van der Waals surface area contributed by atoms with E-state index in [9.17, 15) is 4.79 Å². The van der Waals surface area contributed by atoms with Crippen LogP contribution in [0, 0.1) is 13.8 Å². The van der Waals surface area contributed by atoms with E-state index in [0.29, 0.717) is 15.8 Å². The minimum absolute atomic E-state index is 0.169. The van der Waals surface area contributed by atoms with Crippen LogP contribution in [-0.4, -0.2) is 38.4 Å². The molecule has 7 heteroatoms. The number of carbonyl (C=O) groups is 1. The lowest BCUT2D eigenvalue weighted by atomic mass is 10.1. The highest BCUT2D eigenvalue weighted by molar-refractivity contribution is 8.18. The van der Waals surface area contributed by atoms with Gasteiger partial charge in [0.25, 0.3) is 5.91 Å². The van der Waals surface area contributed by atoms with Crippen molar-refractivity contribution in [1.29, 1.82) is 0 Å². The van der Waals surface area contributed by atoms with E-state index in [4.69, 9.17) is 9.47 Å². The molecule has 0 aliphatic carbocycles. The monoisotopic (exact) mass is 437 g/mol. The third-order valence-electron chi connectivity index (χ3n) is 5.35. The first-order valence-electron chi connectivity index (χ1n) is 10.4. The van der Waals surface area contributed by atoms with Crippen molar-refractivity contribution >= 4 is 40.3 Å². The Hall–Kier alpha value is -2.93. The first-order chi connectivity index (χ1) is 15.0. The third kappa shape index (κ3) is 4.71. The summed E-state index contributed by atoms with van der Waals surface area (Å²) in [5.41, 5.74) is 4.93. The van der Waals surface area contributed by atoms with Gasteiger partial charge in [0.2, 0.25) is 0 Å². The van der Waals surface area contributed by atoms with E-state index in [-0.39, 0.29) is 5.91 Å². The molecule has 0 unspecified atom stereocenters. The number of hydrogen-bond acceptors (Lipinski definition) is 6. The number of ether oxygens (including phenoxy) is 2. The SMILES string of the molecule is COc1cc(N2CCCC2)c(OC)cc1/C=C1\SC(=Nc2cc(C)cc(C)c2)NC1=O. The van der Waals surface area contributed by atoms with Crippen molar-refractivity contribution in [2.45, 2.75) is 26.7 Å². The zero-order valence-electron chi connectivity index (χ0n) is 18.3. The van der Waals surface area contributed by atoms with Gasteiger partial charge in [-0.05, 0) is 73.9 Å². The summed E-state index contributed by atoms with van der Waals surface area (Å²) in [4.78, 5) is 20.1. The van der Waals surface area contributed by atoms with E-state index in [0.717, 1.165) is 46.9 Å². The minimum atomic E-state index is -0.169. The van der Waals surface area contributed by atoms with Crippen LogP contribution in [0.25, 0.3) is 6.08 Å². The molecule has 2 saturated heterocycles. The molecule has 2 aliphatic heterocycles. The fourth-order valence-corrected chi connectivity index (χ4v) is 4.81. The lowest BCUT2D eigenvalue weighted by molar-refractivity contribution is -0.115. The van der Waals surface area contributed by atoms with Crippen LogP contribution in [0.15, 0.2) is 40.2 Å². The fraction of sp³-hybridized carbons (Fsp3) is 0.333. The predicted octanol–water partition coefficient (Wildman–Crippen LogP) is 4.81. The number of nitrogens with zero attached hydrogens (tertiary/aromatic N) is 2. The van der Waals surface area contributed by atoms with Gasteiger partial charge in [0, 0.05) is 24.7 Å². The number of anilines is 1. The predicted molar refractivity (Wildman–Crippen MR) is 128 cm³/mol. The lowest BCUT2D eigenvalue weighted by Gasteiger charge is -2.22. The number of methoxy groups -OCH3 is 2. The molecule has 2 aromatic carbocycles. The molecular weight excluding hydrogens is 410 g/mol. The summed E-state index contributed by atoms with van der Waals surface area (Å²) in [5.74, 6) is 1.32. The van der Waals surface area contributed by atoms with Crippen LogP contribution in [0.5, 0.6) is 11.5 Å². The fourth-order valence-electron chi connectivity index (χ4n) is 3.98. The number of benzene rings is 2. The van der Waals surface area contributed by atoms with E-state index >= 15 is 0 Å². The van der Waals surface area contributed by atoms with Crippen LogP contribution in [0.1, 0.15) is 29.5 Å². The van der Waals surface area contributed by atoms with E-state index in [1.54, 1.807) is 14.2 Å². The number of amides is 1. The Kier molecular flexibility index (Phi) is 6.23. The highest BCUT2D eigenvalue weighted by Gasteiger charge is 2.25. The van der Waals surface area contributed by atoms with Crippen molar-refractivity contribution in [3.63, 3.8) is 0 Å². The molecular formula is C24H27N3O3S. The molecule has 2 fully saturated rings. The molecule has 4 rings (SSSR count). The highest BCUT2D eigenvalue weighted by atomic mass is 32.2. The molecule has 2 heterocycles. The van der Waals surface area contributed by atoms with E-state index < -0.39 is 0 Å². The van der Waals surface area contributed by atoms with Gasteiger partial charge in [-0.15, -0.1) is 0 Å². The van der Waals surface area contributed by atoms with Gasteiger partial charge in [0.05, 0.1) is 30.5 Å². The van der Waals surface area contributed by atoms with Crippen LogP contribution >= 0.6 is 11.8 Å².